The molecular formula is C12H13N5O3S. The first-order valence-corrected chi connectivity index (χ1v) is 6.95. The lowest BCUT2D eigenvalue weighted by Gasteiger charge is -2.16. The van der Waals surface area contributed by atoms with Crippen molar-refractivity contribution in [1.82, 2.24) is 14.8 Å². The molecule has 2 rings (SSSR count). The topological polar surface area (TPSA) is 94.2 Å². The van der Waals surface area contributed by atoms with Gasteiger partial charge in [-0.3, -0.25) is 14.9 Å². The summed E-state index contributed by atoms with van der Waals surface area (Å²) in [6, 6.07) is 5.83. The summed E-state index contributed by atoms with van der Waals surface area (Å²) in [7, 11) is 3.42. The number of anilines is 1. The van der Waals surface area contributed by atoms with Gasteiger partial charge < -0.3 is 9.47 Å². The van der Waals surface area contributed by atoms with Crippen LogP contribution in [-0.4, -0.2) is 38.4 Å². The molecule has 9 heteroatoms. The Bertz CT molecular complexity index is 655. The number of aryl methyl sites for hydroxylation is 1. The quantitative estimate of drug-likeness (QED) is 0.472. The van der Waals surface area contributed by atoms with E-state index in [1.54, 1.807) is 37.1 Å². The van der Waals surface area contributed by atoms with Crippen molar-refractivity contribution in [2.45, 2.75) is 5.16 Å². The van der Waals surface area contributed by atoms with Gasteiger partial charge in [-0.15, -0.1) is 10.2 Å². The van der Waals surface area contributed by atoms with Gasteiger partial charge in [0.1, 0.15) is 6.33 Å². The average Bonchev–Trinajstić information content (AvgIpc) is 2.89. The van der Waals surface area contributed by atoms with Crippen LogP contribution in [0.2, 0.25) is 0 Å². The summed E-state index contributed by atoms with van der Waals surface area (Å²) in [5.41, 5.74) is 0.595. The van der Waals surface area contributed by atoms with Gasteiger partial charge in [-0.2, -0.15) is 0 Å². The van der Waals surface area contributed by atoms with E-state index in [0.717, 1.165) is 0 Å². The largest absolute Gasteiger partial charge is 0.315 e. The fraction of sp³-hybridized carbons (Fsp3) is 0.250. The summed E-state index contributed by atoms with van der Waals surface area (Å²) in [5.74, 6) is 0.0804. The normalized spacial score (nSPS) is 10.4. The van der Waals surface area contributed by atoms with Gasteiger partial charge in [0.15, 0.2) is 5.16 Å². The Balaban J connectivity index is 1.98. The molecular weight excluding hydrogens is 294 g/mol. The fourth-order valence-electron chi connectivity index (χ4n) is 1.57. The number of carbonyl (C=O) groups is 1. The lowest BCUT2D eigenvalue weighted by atomic mass is 10.2. The predicted molar refractivity (Wildman–Crippen MR) is 78.2 cm³/mol. The van der Waals surface area contributed by atoms with Crippen LogP contribution in [0.5, 0.6) is 0 Å². The molecule has 21 heavy (non-hydrogen) atoms. The van der Waals surface area contributed by atoms with E-state index >= 15 is 0 Å². The molecule has 0 fully saturated rings. The number of rotatable bonds is 5. The minimum Gasteiger partial charge on any atom is -0.315 e. The molecule has 1 aromatic carbocycles. The van der Waals surface area contributed by atoms with Gasteiger partial charge in [0.2, 0.25) is 5.91 Å². The Morgan fingerprint density at radius 2 is 2.10 bits per heavy atom. The summed E-state index contributed by atoms with van der Waals surface area (Å²) < 4.78 is 1.73. The SMILES string of the molecule is CN(C(=O)CSc1nncn1C)c1ccc([N+](=O)[O-])cc1. The molecule has 110 valence electrons. The second kappa shape index (κ2) is 6.35. The number of hydrogen-bond acceptors (Lipinski definition) is 6. The molecule has 0 N–H and O–H groups in total. The van der Waals surface area contributed by atoms with Crippen LogP contribution in [0.4, 0.5) is 11.4 Å². The Morgan fingerprint density at radius 1 is 1.43 bits per heavy atom. The zero-order chi connectivity index (χ0) is 15.4. The van der Waals surface area contributed by atoms with E-state index in [2.05, 4.69) is 10.2 Å². The van der Waals surface area contributed by atoms with E-state index in [4.69, 9.17) is 0 Å². The third kappa shape index (κ3) is 3.57. The van der Waals surface area contributed by atoms with Crippen molar-refractivity contribution in [3.05, 3.63) is 40.7 Å². The van der Waals surface area contributed by atoms with Crippen molar-refractivity contribution in [2.24, 2.45) is 7.05 Å². The highest BCUT2D eigenvalue weighted by Gasteiger charge is 2.14. The molecule has 0 bridgehead atoms. The van der Waals surface area contributed by atoms with Gasteiger partial charge in [-0.25, -0.2) is 0 Å². The number of benzene rings is 1. The average molecular weight is 307 g/mol. The third-order valence-electron chi connectivity index (χ3n) is 2.82. The summed E-state index contributed by atoms with van der Waals surface area (Å²) in [6.45, 7) is 0. The predicted octanol–water partition coefficient (Wildman–Crippen LogP) is 1.48. The maximum absolute atomic E-state index is 12.1. The number of nitrogens with zero attached hydrogens (tertiary/aromatic N) is 5. The van der Waals surface area contributed by atoms with Crippen LogP contribution in [0.15, 0.2) is 35.7 Å². The molecule has 2 aromatic rings. The van der Waals surface area contributed by atoms with E-state index < -0.39 is 4.92 Å². The molecule has 0 saturated heterocycles. The molecule has 0 aliphatic heterocycles. The van der Waals surface area contributed by atoms with Crippen LogP contribution in [-0.2, 0) is 11.8 Å². The van der Waals surface area contributed by atoms with Gasteiger partial charge >= 0.3 is 0 Å². The van der Waals surface area contributed by atoms with Crippen LogP contribution in [0.3, 0.4) is 0 Å². The first kappa shape index (κ1) is 15.0. The fourth-order valence-corrected chi connectivity index (χ4v) is 2.37. The number of carbonyl (C=O) groups excluding carboxylic acids is 1. The van der Waals surface area contributed by atoms with Crippen molar-refractivity contribution in [2.75, 3.05) is 17.7 Å². The molecule has 0 aliphatic carbocycles. The highest BCUT2D eigenvalue weighted by Crippen LogP contribution is 2.20. The smallest absolute Gasteiger partial charge is 0.269 e. The number of amides is 1. The highest BCUT2D eigenvalue weighted by molar-refractivity contribution is 7.99. The molecule has 1 heterocycles. The van der Waals surface area contributed by atoms with E-state index in [-0.39, 0.29) is 17.3 Å². The van der Waals surface area contributed by atoms with Gasteiger partial charge in [0.05, 0.1) is 10.7 Å². The monoisotopic (exact) mass is 307 g/mol. The highest BCUT2D eigenvalue weighted by atomic mass is 32.2. The van der Waals surface area contributed by atoms with Crippen molar-refractivity contribution < 1.29 is 9.72 Å². The lowest BCUT2D eigenvalue weighted by Crippen LogP contribution is -2.28. The van der Waals surface area contributed by atoms with Crippen LogP contribution in [0, 0.1) is 10.1 Å². The van der Waals surface area contributed by atoms with E-state index in [0.29, 0.717) is 10.8 Å². The van der Waals surface area contributed by atoms with Gasteiger partial charge in [0.25, 0.3) is 5.69 Å². The zero-order valence-electron chi connectivity index (χ0n) is 11.5. The number of hydrogen-bond donors (Lipinski definition) is 0. The molecule has 0 spiro atoms. The third-order valence-corrected chi connectivity index (χ3v) is 3.84. The first-order valence-electron chi connectivity index (χ1n) is 5.97. The molecule has 0 atom stereocenters. The molecule has 8 nitrogen and oxygen atoms in total. The number of nitro benzene ring substituents is 1. The van der Waals surface area contributed by atoms with Crippen LogP contribution >= 0.6 is 11.8 Å². The maximum atomic E-state index is 12.1. The summed E-state index contributed by atoms with van der Waals surface area (Å²) in [4.78, 5) is 23.6. The molecule has 0 saturated carbocycles. The van der Waals surface area contributed by atoms with Gasteiger partial charge in [-0.05, 0) is 12.1 Å². The van der Waals surface area contributed by atoms with Gasteiger partial charge in [0, 0.05) is 31.9 Å². The Labute approximate surface area is 124 Å². The van der Waals surface area contributed by atoms with Crippen molar-refractivity contribution in [3.8, 4) is 0 Å². The summed E-state index contributed by atoms with van der Waals surface area (Å²) in [6.07, 6.45) is 1.56. The summed E-state index contributed by atoms with van der Waals surface area (Å²) >= 11 is 1.28. The first-order chi connectivity index (χ1) is 9.99. The maximum Gasteiger partial charge on any atom is 0.269 e. The molecule has 0 radical (unpaired) electrons. The van der Waals surface area contributed by atoms with Crippen LogP contribution in [0.25, 0.3) is 0 Å². The molecule has 1 amide bonds. The minimum atomic E-state index is -0.477. The van der Waals surface area contributed by atoms with Crippen LogP contribution in [0.1, 0.15) is 0 Å². The number of nitro groups is 1. The van der Waals surface area contributed by atoms with Crippen LogP contribution < -0.4 is 4.90 Å². The molecule has 0 aliphatic rings. The summed E-state index contributed by atoms with van der Waals surface area (Å²) in [5, 5.41) is 18.9. The van der Waals surface area contributed by atoms with Crippen molar-refractivity contribution in [3.63, 3.8) is 0 Å². The number of aromatic nitrogens is 3. The van der Waals surface area contributed by atoms with E-state index in [9.17, 15) is 14.9 Å². The number of thioether (sulfide) groups is 1. The van der Waals surface area contributed by atoms with E-state index in [1.807, 2.05) is 0 Å². The van der Waals surface area contributed by atoms with E-state index in [1.165, 1.54) is 28.8 Å². The second-order valence-corrected chi connectivity index (χ2v) is 5.18. The lowest BCUT2D eigenvalue weighted by molar-refractivity contribution is -0.384. The van der Waals surface area contributed by atoms with Crippen molar-refractivity contribution >= 4 is 29.0 Å². The second-order valence-electron chi connectivity index (χ2n) is 4.24. The molecule has 0 unspecified atom stereocenters. The Kier molecular flexibility index (Phi) is 4.53. The standard InChI is InChI=1S/C12H13N5O3S/c1-15-8-13-14-12(15)21-7-11(18)16(2)9-3-5-10(6-4-9)17(19)20/h3-6,8H,7H2,1-2H3. The molecule has 1 aromatic heterocycles. The Hall–Kier alpha value is -2.42. The minimum absolute atomic E-state index is 0.00643. The van der Waals surface area contributed by atoms with Gasteiger partial charge in [-0.1, -0.05) is 11.8 Å². The van der Waals surface area contributed by atoms with Crippen molar-refractivity contribution in [1.29, 1.82) is 0 Å². The zero-order valence-corrected chi connectivity index (χ0v) is 12.3. The number of non-ortho nitro benzene ring substituents is 1. The Morgan fingerprint density at radius 3 is 2.62 bits per heavy atom.